The maximum atomic E-state index is 5.63. The highest BCUT2D eigenvalue weighted by Crippen LogP contribution is 2.18. The van der Waals surface area contributed by atoms with Gasteiger partial charge in [0.25, 0.3) is 0 Å². The molecule has 3 N–H and O–H groups in total. The van der Waals surface area contributed by atoms with Gasteiger partial charge in [0.1, 0.15) is 0 Å². The maximum Gasteiger partial charge on any atom is 0.316 e. The van der Waals surface area contributed by atoms with E-state index < -0.39 is 0 Å². The number of pyridine rings is 1. The third-order valence-electron chi connectivity index (χ3n) is 2.35. The minimum Gasteiger partial charge on any atom is -0.406 e. The Morgan fingerprint density at radius 3 is 2.76 bits per heavy atom. The van der Waals surface area contributed by atoms with Gasteiger partial charge in [-0.05, 0) is 25.5 Å². The van der Waals surface area contributed by atoms with Crippen LogP contribution in [0.3, 0.4) is 0 Å². The quantitative estimate of drug-likeness (QED) is 0.834. The maximum absolute atomic E-state index is 5.63. The predicted octanol–water partition coefficient (Wildman–Crippen LogP) is 1.66. The highest BCUT2D eigenvalue weighted by Gasteiger charge is 2.12. The van der Waals surface area contributed by atoms with Crippen LogP contribution in [0.4, 0.5) is 6.01 Å². The second kappa shape index (κ2) is 4.92. The zero-order chi connectivity index (χ0) is 12.3. The van der Waals surface area contributed by atoms with Crippen molar-refractivity contribution >= 4 is 6.01 Å². The molecule has 2 rings (SSSR count). The van der Waals surface area contributed by atoms with Gasteiger partial charge in [-0.2, -0.15) is 0 Å². The van der Waals surface area contributed by atoms with Crippen LogP contribution in [0.5, 0.6) is 0 Å². The average molecular weight is 233 g/mol. The summed E-state index contributed by atoms with van der Waals surface area (Å²) < 4.78 is 5.36. The van der Waals surface area contributed by atoms with E-state index in [4.69, 9.17) is 10.2 Å². The first-order valence-electron chi connectivity index (χ1n) is 5.42. The fraction of sp³-hybridized carbons (Fsp3) is 0.364. The molecule has 0 aromatic carbocycles. The zero-order valence-corrected chi connectivity index (χ0v) is 9.79. The lowest BCUT2D eigenvalue weighted by molar-refractivity contribution is 0.470. The van der Waals surface area contributed by atoms with Crippen molar-refractivity contribution in [3.05, 3.63) is 36.0 Å². The van der Waals surface area contributed by atoms with Gasteiger partial charge in [-0.25, -0.2) is 0 Å². The number of hydrogen-bond acceptors (Lipinski definition) is 6. The molecular weight excluding hydrogens is 218 g/mol. The van der Waals surface area contributed by atoms with Crippen molar-refractivity contribution in [1.82, 2.24) is 15.2 Å². The van der Waals surface area contributed by atoms with Crippen LogP contribution in [-0.4, -0.2) is 15.2 Å². The molecule has 0 aliphatic heterocycles. The molecule has 0 radical (unpaired) electrons. The van der Waals surface area contributed by atoms with E-state index >= 15 is 0 Å². The van der Waals surface area contributed by atoms with Crippen LogP contribution in [-0.2, 0) is 0 Å². The summed E-state index contributed by atoms with van der Waals surface area (Å²) in [7, 11) is 0. The summed E-state index contributed by atoms with van der Waals surface area (Å²) in [5.41, 5.74) is 6.68. The van der Waals surface area contributed by atoms with Crippen molar-refractivity contribution in [1.29, 1.82) is 0 Å². The highest BCUT2D eigenvalue weighted by molar-refractivity contribution is 5.26. The summed E-state index contributed by atoms with van der Waals surface area (Å²) in [6.45, 7) is 3.79. The smallest absolute Gasteiger partial charge is 0.316 e. The SMILES string of the molecule is CC(N)c1nnc(NC(C)c2cccnc2)o1. The van der Waals surface area contributed by atoms with E-state index in [0.29, 0.717) is 11.9 Å². The first-order valence-corrected chi connectivity index (χ1v) is 5.42. The Bertz CT molecular complexity index is 468. The van der Waals surface area contributed by atoms with Crippen LogP contribution in [0.25, 0.3) is 0 Å². The Hall–Kier alpha value is -1.95. The van der Waals surface area contributed by atoms with Crippen LogP contribution in [0.1, 0.15) is 37.4 Å². The van der Waals surface area contributed by atoms with Gasteiger partial charge in [-0.1, -0.05) is 11.2 Å². The van der Waals surface area contributed by atoms with Crippen LogP contribution in [0.2, 0.25) is 0 Å². The van der Waals surface area contributed by atoms with Gasteiger partial charge in [-0.15, -0.1) is 5.10 Å². The normalized spacial score (nSPS) is 14.3. The van der Waals surface area contributed by atoms with Crippen molar-refractivity contribution in [2.75, 3.05) is 5.32 Å². The van der Waals surface area contributed by atoms with E-state index in [9.17, 15) is 0 Å². The second-order valence-electron chi connectivity index (χ2n) is 3.89. The molecule has 0 bridgehead atoms. The lowest BCUT2D eigenvalue weighted by atomic mass is 10.1. The summed E-state index contributed by atoms with van der Waals surface area (Å²) in [5, 5.41) is 10.8. The third kappa shape index (κ3) is 2.79. The molecule has 0 fully saturated rings. The molecule has 0 amide bonds. The average Bonchev–Trinajstić information content (AvgIpc) is 2.79. The van der Waals surface area contributed by atoms with E-state index in [0.717, 1.165) is 5.56 Å². The molecule has 17 heavy (non-hydrogen) atoms. The molecule has 2 atom stereocenters. The molecular formula is C11H15N5O. The van der Waals surface area contributed by atoms with Gasteiger partial charge in [0, 0.05) is 12.4 Å². The van der Waals surface area contributed by atoms with E-state index in [-0.39, 0.29) is 12.1 Å². The van der Waals surface area contributed by atoms with Crippen LogP contribution in [0, 0.1) is 0 Å². The fourth-order valence-electron chi connectivity index (χ4n) is 1.38. The van der Waals surface area contributed by atoms with Crippen molar-refractivity contribution < 1.29 is 4.42 Å². The first-order chi connectivity index (χ1) is 8.16. The topological polar surface area (TPSA) is 89.9 Å². The Kier molecular flexibility index (Phi) is 3.34. The monoisotopic (exact) mass is 233 g/mol. The third-order valence-corrected chi connectivity index (χ3v) is 2.35. The van der Waals surface area contributed by atoms with Gasteiger partial charge < -0.3 is 15.5 Å². The van der Waals surface area contributed by atoms with E-state index in [1.54, 1.807) is 19.3 Å². The molecule has 6 nitrogen and oxygen atoms in total. The Morgan fingerprint density at radius 1 is 1.35 bits per heavy atom. The molecule has 2 aromatic heterocycles. The first kappa shape index (κ1) is 11.5. The summed E-state index contributed by atoms with van der Waals surface area (Å²) >= 11 is 0. The minimum atomic E-state index is -0.258. The number of anilines is 1. The van der Waals surface area contributed by atoms with E-state index in [1.165, 1.54) is 0 Å². The van der Waals surface area contributed by atoms with Gasteiger partial charge >= 0.3 is 6.01 Å². The van der Waals surface area contributed by atoms with Crippen molar-refractivity contribution in [2.45, 2.75) is 25.9 Å². The van der Waals surface area contributed by atoms with Crippen LogP contribution >= 0.6 is 0 Å². The number of nitrogens with zero attached hydrogens (tertiary/aromatic N) is 3. The molecule has 0 saturated heterocycles. The second-order valence-corrected chi connectivity index (χ2v) is 3.89. The summed E-state index contributed by atoms with van der Waals surface area (Å²) in [6, 6.07) is 4.02. The van der Waals surface area contributed by atoms with Crippen LogP contribution < -0.4 is 11.1 Å². The van der Waals surface area contributed by atoms with Gasteiger partial charge in [0.15, 0.2) is 0 Å². The molecule has 0 spiro atoms. The summed E-state index contributed by atoms with van der Waals surface area (Å²) in [6.07, 6.45) is 3.53. The largest absolute Gasteiger partial charge is 0.406 e. The van der Waals surface area contributed by atoms with Gasteiger partial charge in [0.2, 0.25) is 5.89 Å². The molecule has 90 valence electrons. The number of rotatable bonds is 4. The van der Waals surface area contributed by atoms with Crippen molar-refractivity contribution in [2.24, 2.45) is 5.73 Å². The zero-order valence-electron chi connectivity index (χ0n) is 9.79. The Balaban J connectivity index is 2.05. The van der Waals surface area contributed by atoms with Crippen molar-refractivity contribution in [3.63, 3.8) is 0 Å². The summed E-state index contributed by atoms with van der Waals surface area (Å²) in [4.78, 5) is 4.05. The van der Waals surface area contributed by atoms with Gasteiger partial charge in [-0.3, -0.25) is 4.98 Å². The van der Waals surface area contributed by atoms with Crippen molar-refractivity contribution in [3.8, 4) is 0 Å². The highest BCUT2D eigenvalue weighted by atomic mass is 16.4. The Morgan fingerprint density at radius 2 is 2.18 bits per heavy atom. The molecule has 2 unspecified atom stereocenters. The lowest BCUT2D eigenvalue weighted by Crippen LogP contribution is -2.07. The number of nitrogens with one attached hydrogen (secondary N) is 1. The minimum absolute atomic E-state index is 0.0464. The Labute approximate surface area is 99.3 Å². The summed E-state index contributed by atoms with van der Waals surface area (Å²) in [5.74, 6) is 0.422. The van der Waals surface area contributed by atoms with Gasteiger partial charge in [0.05, 0.1) is 12.1 Å². The van der Waals surface area contributed by atoms with E-state index in [1.807, 2.05) is 19.1 Å². The van der Waals surface area contributed by atoms with Crippen LogP contribution in [0.15, 0.2) is 28.9 Å². The number of nitrogens with two attached hydrogens (primary N) is 1. The standard InChI is InChI=1S/C11H15N5O/c1-7(12)10-15-16-11(17-10)14-8(2)9-4-3-5-13-6-9/h3-8H,12H2,1-2H3,(H,14,16). The lowest BCUT2D eigenvalue weighted by Gasteiger charge is -2.11. The van der Waals surface area contributed by atoms with E-state index in [2.05, 4.69) is 20.5 Å². The predicted molar refractivity (Wildman–Crippen MR) is 63.2 cm³/mol. The molecule has 0 aliphatic rings. The molecule has 2 heterocycles. The fourth-order valence-corrected chi connectivity index (χ4v) is 1.38. The molecule has 6 heteroatoms. The molecule has 2 aromatic rings. The number of aromatic nitrogens is 3. The molecule has 0 saturated carbocycles. The molecule has 0 aliphatic carbocycles. The number of hydrogen-bond donors (Lipinski definition) is 2.